The van der Waals surface area contributed by atoms with E-state index in [4.69, 9.17) is 4.74 Å². The molecule has 5 heteroatoms. The first-order chi connectivity index (χ1) is 8.20. The highest BCUT2D eigenvalue weighted by Gasteiger charge is 2.23. The van der Waals surface area contributed by atoms with Gasteiger partial charge in [-0.1, -0.05) is 18.2 Å². The number of hydrogen-bond acceptors (Lipinski definition) is 3. The monoisotopic (exact) mass is 234 g/mol. The average Bonchev–Trinajstić information content (AvgIpc) is 2.34. The molecule has 17 heavy (non-hydrogen) atoms. The maximum absolute atomic E-state index is 11.6. The third-order valence-corrected chi connectivity index (χ3v) is 2.68. The number of ether oxygens (including phenoxy) is 1. The van der Waals surface area contributed by atoms with Crippen molar-refractivity contribution in [2.75, 3.05) is 20.2 Å². The van der Waals surface area contributed by atoms with Gasteiger partial charge in [-0.15, -0.1) is 0 Å². The van der Waals surface area contributed by atoms with Crippen LogP contribution in [-0.4, -0.2) is 36.9 Å². The van der Waals surface area contributed by atoms with Crippen LogP contribution >= 0.6 is 0 Å². The number of amides is 2. The second kappa shape index (κ2) is 4.86. The number of benzene rings is 1. The highest BCUT2D eigenvalue weighted by atomic mass is 16.5. The van der Waals surface area contributed by atoms with Gasteiger partial charge in [0.2, 0.25) is 11.8 Å². The van der Waals surface area contributed by atoms with E-state index < -0.39 is 0 Å². The van der Waals surface area contributed by atoms with Crippen molar-refractivity contribution in [2.45, 2.75) is 6.54 Å². The quantitative estimate of drug-likeness (QED) is 0.810. The zero-order valence-electron chi connectivity index (χ0n) is 9.60. The molecule has 0 aromatic heterocycles. The van der Waals surface area contributed by atoms with Crippen molar-refractivity contribution in [2.24, 2.45) is 0 Å². The van der Waals surface area contributed by atoms with Crippen molar-refractivity contribution in [3.05, 3.63) is 29.8 Å². The molecule has 1 saturated heterocycles. The standard InChI is InChI=1S/C12H14N2O3/c1-17-10-5-3-2-4-9(10)7-14-8-11(15)13-6-12(14)16/h2-5H,6-8H2,1H3,(H,13,15). The Kier molecular flexibility index (Phi) is 3.27. The molecule has 0 atom stereocenters. The van der Waals surface area contributed by atoms with Gasteiger partial charge in [0.1, 0.15) is 5.75 Å². The molecule has 5 nitrogen and oxygen atoms in total. The number of carbonyl (C=O) groups is 2. The van der Waals surface area contributed by atoms with E-state index in [2.05, 4.69) is 5.32 Å². The number of rotatable bonds is 3. The Morgan fingerprint density at radius 3 is 2.88 bits per heavy atom. The molecule has 2 rings (SSSR count). The summed E-state index contributed by atoms with van der Waals surface area (Å²) >= 11 is 0. The summed E-state index contributed by atoms with van der Waals surface area (Å²) in [6.07, 6.45) is 0. The van der Waals surface area contributed by atoms with Crippen molar-refractivity contribution in [3.8, 4) is 5.75 Å². The van der Waals surface area contributed by atoms with E-state index in [0.29, 0.717) is 6.54 Å². The molecule has 0 radical (unpaired) electrons. The molecule has 0 aliphatic carbocycles. The largest absolute Gasteiger partial charge is 0.496 e. The molecule has 90 valence electrons. The number of nitrogens with zero attached hydrogens (tertiary/aromatic N) is 1. The second-order valence-corrected chi connectivity index (χ2v) is 3.84. The van der Waals surface area contributed by atoms with E-state index >= 15 is 0 Å². The SMILES string of the molecule is COc1ccccc1CN1CC(=O)NCC1=O. The number of nitrogens with one attached hydrogen (secondary N) is 1. The lowest BCUT2D eigenvalue weighted by Crippen LogP contribution is -2.51. The Morgan fingerprint density at radius 1 is 1.35 bits per heavy atom. The van der Waals surface area contributed by atoms with Crippen LogP contribution in [0.25, 0.3) is 0 Å². The van der Waals surface area contributed by atoms with Crippen LogP contribution in [-0.2, 0) is 16.1 Å². The average molecular weight is 234 g/mol. The minimum Gasteiger partial charge on any atom is -0.496 e. The van der Waals surface area contributed by atoms with E-state index in [0.717, 1.165) is 11.3 Å². The summed E-state index contributed by atoms with van der Waals surface area (Å²) in [7, 11) is 1.59. The summed E-state index contributed by atoms with van der Waals surface area (Å²) in [5.74, 6) is 0.529. The van der Waals surface area contributed by atoms with Crippen LogP contribution in [0.1, 0.15) is 5.56 Å². The lowest BCUT2D eigenvalue weighted by atomic mass is 10.1. The molecule has 0 saturated carbocycles. The fraction of sp³-hybridized carbons (Fsp3) is 0.333. The molecule has 1 aromatic rings. The van der Waals surface area contributed by atoms with Crippen LogP contribution in [0.4, 0.5) is 0 Å². The molecule has 1 aliphatic heterocycles. The number of methoxy groups -OCH3 is 1. The van der Waals surface area contributed by atoms with E-state index in [1.54, 1.807) is 7.11 Å². The van der Waals surface area contributed by atoms with Gasteiger partial charge in [0.25, 0.3) is 0 Å². The van der Waals surface area contributed by atoms with Crippen molar-refractivity contribution in [1.29, 1.82) is 0 Å². The predicted molar refractivity (Wildman–Crippen MR) is 61.4 cm³/mol. The number of hydrogen-bond donors (Lipinski definition) is 1. The van der Waals surface area contributed by atoms with Crippen LogP contribution in [0.15, 0.2) is 24.3 Å². The van der Waals surface area contributed by atoms with Gasteiger partial charge < -0.3 is 15.0 Å². The van der Waals surface area contributed by atoms with E-state index in [-0.39, 0.29) is 24.9 Å². The van der Waals surface area contributed by atoms with Crippen molar-refractivity contribution in [3.63, 3.8) is 0 Å². The fourth-order valence-electron chi connectivity index (χ4n) is 1.79. The van der Waals surface area contributed by atoms with Gasteiger partial charge in [0, 0.05) is 12.1 Å². The maximum Gasteiger partial charge on any atom is 0.242 e. The Hall–Kier alpha value is -2.04. The molecule has 1 heterocycles. The predicted octanol–water partition coefficient (Wildman–Crippen LogP) is 0.154. The van der Waals surface area contributed by atoms with Crippen LogP contribution in [0.5, 0.6) is 5.75 Å². The smallest absolute Gasteiger partial charge is 0.242 e. The molecule has 1 N–H and O–H groups in total. The molecular formula is C12H14N2O3. The first-order valence-corrected chi connectivity index (χ1v) is 5.37. The van der Waals surface area contributed by atoms with E-state index in [9.17, 15) is 9.59 Å². The highest BCUT2D eigenvalue weighted by Crippen LogP contribution is 2.19. The molecule has 0 spiro atoms. The number of para-hydroxylation sites is 1. The minimum absolute atomic E-state index is 0.0736. The van der Waals surface area contributed by atoms with Gasteiger partial charge in [-0.2, -0.15) is 0 Å². The first kappa shape index (κ1) is 11.4. The van der Waals surface area contributed by atoms with E-state index in [1.807, 2.05) is 24.3 Å². The van der Waals surface area contributed by atoms with Gasteiger partial charge in [0.05, 0.1) is 20.2 Å². The zero-order valence-corrected chi connectivity index (χ0v) is 9.60. The normalized spacial score (nSPS) is 15.7. The van der Waals surface area contributed by atoms with Crippen molar-refractivity contribution < 1.29 is 14.3 Å². The summed E-state index contributed by atoms with van der Waals surface area (Å²) in [6.45, 7) is 0.584. The van der Waals surface area contributed by atoms with Crippen LogP contribution in [0, 0.1) is 0 Å². The van der Waals surface area contributed by atoms with Gasteiger partial charge in [0.15, 0.2) is 0 Å². The van der Waals surface area contributed by atoms with Crippen molar-refractivity contribution in [1.82, 2.24) is 10.2 Å². The zero-order chi connectivity index (χ0) is 12.3. The summed E-state index contributed by atoms with van der Waals surface area (Å²) in [5, 5.41) is 2.51. The highest BCUT2D eigenvalue weighted by molar-refractivity contribution is 5.92. The Bertz CT molecular complexity index is 445. The van der Waals surface area contributed by atoms with E-state index in [1.165, 1.54) is 4.90 Å². The topological polar surface area (TPSA) is 58.6 Å². The molecular weight excluding hydrogens is 220 g/mol. The summed E-state index contributed by atoms with van der Waals surface area (Å²) < 4.78 is 5.21. The molecule has 1 aromatic carbocycles. The molecule has 0 unspecified atom stereocenters. The molecule has 1 fully saturated rings. The number of carbonyl (C=O) groups excluding carboxylic acids is 2. The number of piperazine rings is 1. The summed E-state index contributed by atoms with van der Waals surface area (Å²) in [6, 6.07) is 7.47. The molecule has 0 bridgehead atoms. The van der Waals surface area contributed by atoms with Crippen molar-refractivity contribution >= 4 is 11.8 Å². The third kappa shape index (κ3) is 2.55. The minimum atomic E-state index is -0.125. The fourth-order valence-corrected chi connectivity index (χ4v) is 1.79. The van der Waals surface area contributed by atoms with Gasteiger partial charge in [-0.25, -0.2) is 0 Å². The summed E-state index contributed by atoms with van der Waals surface area (Å²) in [5.41, 5.74) is 0.901. The van der Waals surface area contributed by atoms with Gasteiger partial charge in [-0.3, -0.25) is 9.59 Å². The van der Waals surface area contributed by atoms with Gasteiger partial charge >= 0.3 is 0 Å². The lowest BCUT2D eigenvalue weighted by Gasteiger charge is -2.27. The maximum atomic E-state index is 11.6. The Labute approximate surface area is 99.4 Å². The van der Waals surface area contributed by atoms with Crippen LogP contribution in [0.3, 0.4) is 0 Å². The second-order valence-electron chi connectivity index (χ2n) is 3.84. The third-order valence-electron chi connectivity index (χ3n) is 2.68. The lowest BCUT2D eigenvalue weighted by molar-refractivity contribution is -0.141. The molecule has 1 aliphatic rings. The van der Waals surface area contributed by atoms with Crippen LogP contribution < -0.4 is 10.1 Å². The first-order valence-electron chi connectivity index (χ1n) is 5.37. The Morgan fingerprint density at radius 2 is 2.12 bits per heavy atom. The Balaban J connectivity index is 2.14. The summed E-state index contributed by atoms with van der Waals surface area (Å²) in [4.78, 5) is 24.4. The van der Waals surface area contributed by atoms with Crippen LogP contribution in [0.2, 0.25) is 0 Å². The van der Waals surface area contributed by atoms with Gasteiger partial charge in [-0.05, 0) is 6.07 Å². The molecule has 2 amide bonds.